The van der Waals surface area contributed by atoms with Crippen LogP contribution in [0.15, 0.2) is 52.5 Å². The lowest BCUT2D eigenvalue weighted by Crippen LogP contribution is -2.35. The Labute approximate surface area is 156 Å². The van der Waals surface area contributed by atoms with Crippen molar-refractivity contribution >= 4 is 29.3 Å². The minimum Gasteiger partial charge on any atom is -0.385 e. The summed E-state index contributed by atoms with van der Waals surface area (Å²) in [5.74, 6) is -0.201. The highest BCUT2D eigenvalue weighted by molar-refractivity contribution is 7.99. The number of nitrogens with one attached hydrogen (secondary N) is 1. The highest BCUT2D eigenvalue weighted by atomic mass is 32.2. The molecule has 0 spiro atoms. The fourth-order valence-corrected chi connectivity index (χ4v) is 3.74. The van der Waals surface area contributed by atoms with Gasteiger partial charge in [0.1, 0.15) is 5.03 Å². The zero-order valence-electron chi connectivity index (χ0n) is 14.6. The van der Waals surface area contributed by atoms with Gasteiger partial charge in [0.25, 0.3) is 5.91 Å². The van der Waals surface area contributed by atoms with Crippen LogP contribution in [-0.2, 0) is 9.53 Å². The first kappa shape index (κ1) is 18.4. The molecule has 0 fully saturated rings. The minimum atomic E-state index is -0.127. The number of aromatic nitrogens is 1. The van der Waals surface area contributed by atoms with E-state index in [0.29, 0.717) is 30.3 Å². The van der Waals surface area contributed by atoms with E-state index < -0.39 is 0 Å². The van der Waals surface area contributed by atoms with Crippen LogP contribution in [0.1, 0.15) is 23.2 Å². The summed E-state index contributed by atoms with van der Waals surface area (Å²) < 4.78 is 4.97. The third kappa shape index (κ3) is 4.23. The lowest BCUT2D eigenvalue weighted by Gasteiger charge is -2.22. The summed E-state index contributed by atoms with van der Waals surface area (Å²) in [6, 6.07) is 11.2. The van der Waals surface area contributed by atoms with Gasteiger partial charge in [0.05, 0.1) is 11.3 Å². The van der Waals surface area contributed by atoms with Gasteiger partial charge in [-0.25, -0.2) is 4.98 Å². The third-order valence-electron chi connectivity index (χ3n) is 4.02. The fraction of sp³-hybridized carbons (Fsp3) is 0.316. The number of anilines is 1. The number of carbonyl (C=O) groups is 2. The zero-order chi connectivity index (χ0) is 18.4. The first-order chi connectivity index (χ1) is 12.7. The highest BCUT2D eigenvalue weighted by Gasteiger charge is 2.27. The number of benzene rings is 1. The lowest BCUT2D eigenvalue weighted by molar-refractivity contribution is -0.120. The molecular weight excluding hydrogens is 350 g/mol. The van der Waals surface area contributed by atoms with Crippen LogP contribution in [0.25, 0.3) is 0 Å². The molecule has 3 rings (SSSR count). The normalized spacial score (nSPS) is 13.0. The molecule has 1 aliphatic rings. The van der Waals surface area contributed by atoms with Gasteiger partial charge in [0, 0.05) is 44.3 Å². The van der Waals surface area contributed by atoms with Crippen LogP contribution in [0.2, 0.25) is 0 Å². The molecule has 2 heterocycles. The van der Waals surface area contributed by atoms with Crippen molar-refractivity contribution in [3.8, 4) is 0 Å². The number of hydrogen-bond donors (Lipinski definition) is 1. The van der Waals surface area contributed by atoms with Gasteiger partial charge < -0.3 is 15.0 Å². The van der Waals surface area contributed by atoms with Gasteiger partial charge in [-0.3, -0.25) is 9.59 Å². The summed E-state index contributed by atoms with van der Waals surface area (Å²) in [5, 5.41) is 3.55. The number of methoxy groups -OCH3 is 1. The summed E-state index contributed by atoms with van der Waals surface area (Å²) in [6.07, 6.45) is 2.70. The van der Waals surface area contributed by atoms with Gasteiger partial charge >= 0.3 is 0 Å². The number of para-hydroxylation sites is 1. The SMILES string of the molecule is COCCCNC(=O)CCN1C(=O)c2cccnc2Sc2ccccc21. The third-order valence-corrected chi connectivity index (χ3v) is 5.10. The Bertz CT molecular complexity index is 797. The van der Waals surface area contributed by atoms with Gasteiger partial charge in [-0.15, -0.1) is 0 Å². The Morgan fingerprint density at radius 3 is 2.96 bits per heavy atom. The molecule has 0 aliphatic carbocycles. The van der Waals surface area contributed by atoms with E-state index in [0.717, 1.165) is 17.0 Å². The maximum absolute atomic E-state index is 13.0. The van der Waals surface area contributed by atoms with Crippen molar-refractivity contribution in [3.63, 3.8) is 0 Å². The number of carbonyl (C=O) groups excluding carboxylic acids is 2. The predicted octanol–water partition coefficient (Wildman–Crippen LogP) is 2.74. The molecule has 0 saturated heterocycles. The maximum atomic E-state index is 13.0. The van der Waals surface area contributed by atoms with E-state index in [1.54, 1.807) is 30.3 Å². The first-order valence-electron chi connectivity index (χ1n) is 8.50. The molecular formula is C19H21N3O3S. The fourth-order valence-electron chi connectivity index (χ4n) is 2.73. The second-order valence-electron chi connectivity index (χ2n) is 5.83. The molecule has 0 radical (unpaired) electrons. The van der Waals surface area contributed by atoms with Crippen LogP contribution in [0, 0.1) is 0 Å². The summed E-state index contributed by atoms with van der Waals surface area (Å²) in [6.45, 7) is 1.50. The van der Waals surface area contributed by atoms with Crippen LogP contribution in [-0.4, -0.2) is 43.6 Å². The largest absolute Gasteiger partial charge is 0.385 e. The Morgan fingerprint density at radius 2 is 2.12 bits per heavy atom. The molecule has 2 aromatic rings. The standard InChI is InChI=1S/C19H21N3O3S/c1-25-13-5-11-20-17(23)9-12-22-15-7-2-3-8-16(15)26-18-14(19(22)24)6-4-10-21-18/h2-4,6-8,10H,5,9,11-13H2,1H3,(H,20,23). The van der Waals surface area contributed by atoms with Crippen LogP contribution in [0.5, 0.6) is 0 Å². The minimum absolute atomic E-state index is 0.0744. The van der Waals surface area contributed by atoms with Gasteiger partial charge in [0.2, 0.25) is 5.91 Å². The maximum Gasteiger partial charge on any atom is 0.261 e. The number of fused-ring (bicyclic) bond motifs is 2. The molecule has 1 aromatic carbocycles. The first-order valence-corrected chi connectivity index (χ1v) is 9.31. The van der Waals surface area contributed by atoms with Crippen molar-refractivity contribution in [3.05, 3.63) is 48.2 Å². The van der Waals surface area contributed by atoms with Crippen LogP contribution in [0.3, 0.4) is 0 Å². The van der Waals surface area contributed by atoms with Gasteiger partial charge in [-0.2, -0.15) is 0 Å². The summed E-state index contributed by atoms with van der Waals surface area (Å²) in [4.78, 5) is 32.1. The average molecular weight is 371 g/mol. The second kappa shape index (κ2) is 8.82. The van der Waals surface area contributed by atoms with Crippen molar-refractivity contribution in [2.45, 2.75) is 22.8 Å². The molecule has 26 heavy (non-hydrogen) atoms. The molecule has 0 saturated carbocycles. The molecule has 0 bridgehead atoms. The number of nitrogens with zero attached hydrogens (tertiary/aromatic N) is 2. The summed E-state index contributed by atoms with van der Waals surface area (Å²) in [5.41, 5.74) is 1.38. The zero-order valence-corrected chi connectivity index (χ0v) is 15.4. The average Bonchev–Trinajstić information content (AvgIpc) is 2.78. The van der Waals surface area contributed by atoms with E-state index in [1.165, 1.54) is 11.8 Å². The van der Waals surface area contributed by atoms with E-state index in [9.17, 15) is 9.59 Å². The number of rotatable bonds is 7. The predicted molar refractivity (Wildman–Crippen MR) is 101 cm³/mol. The van der Waals surface area contributed by atoms with Crippen molar-refractivity contribution < 1.29 is 14.3 Å². The van der Waals surface area contributed by atoms with E-state index in [2.05, 4.69) is 10.3 Å². The Kier molecular flexibility index (Phi) is 6.25. The van der Waals surface area contributed by atoms with E-state index >= 15 is 0 Å². The smallest absolute Gasteiger partial charge is 0.261 e. The number of amides is 2. The molecule has 2 amide bonds. The number of ether oxygens (including phenoxy) is 1. The molecule has 0 unspecified atom stereocenters. The Hall–Kier alpha value is -2.38. The van der Waals surface area contributed by atoms with E-state index in [4.69, 9.17) is 4.74 Å². The lowest BCUT2D eigenvalue weighted by atomic mass is 10.2. The van der Waals surface area contributed by atoms with Gasteiger partial charge in [-0.05, 0) is 30.7 Å². The topological polar surface area (TPSA) is 71.5 Å². The highest BCUT2D eigenvalue weighted by Crippen LogP contribution is 2.39. The quantitative estimate of drug-likeness (QED) is 0.758. The number of hydrogen-bond acceptors (Lipinski definition) is 5. The summed E-state index contributed by atoms with van der Waals surface area (Å²) in [7, 11) is 1.63. The monoisotopic (exact) mass is 371 g/mol. The Morgan fingerprint density at radius 1 is 1.27 bits per heavy atom. The van der Waals surface area contributed by atoms with Crippen LogP contribution < -0.4 is 10.2 Å². The second-order valence-corrected chi connectivity index (χ2v) is 6.86. The molecule has 7 heteroatoms. The molecule has 0 atom stereocenters. The van der Waals surface area contributed by atoms with Crippen molar-refractivity contribution in [1.82, 2.24) is 10.3 Å². The van der Waals surface area contributed by atoms with Crippen LogP contribution >= 0.6 is 11.8 Å². The molecule has 6 nitrogen and oxygen atoms in total. The van der Waals surface area contributed by atoms with Crippen LogP contribution in [0.4, 0.5) is 5.69 Å². The molecule has 1 aliphatic heterocycles. The van der Waals surface area contributed by atoms with Crippen molar-refractivity contribution in [2.75, 3.05) is 31.7 Å². The van der Waals surface area contributed by atoms with E-state index in [-0.39, 0.29) is 18.2 Å². The van der Waals surface area contributed by atoms with Gasteiger partial charge in [-0.1, -0.05) is 23.9 Å². The Balaban J connectivity index is 1.75. The van der Waals surface area contributed by atoms with Gasteiger partial charge in [0.15, 0.2) is 0 Å². The van der Waals surface area contributed by atoms with Crippen molar-refractivity contribution in [1.29, 1.82) is 0 Å². The molecule has 1 N–H and O–H groups in total. The molecule has 1 aromatic heterocycles. The van der Waals surface area contributed by atoms with E-state index in [1.807, 2.05) is 24.3 Å². The van der Waals surface area contributed by atoms with Crippen molar-refractivity contribution in [2.24, 2.45) is 0 Å². The summed E-state index contributed by atoms with van der Waals surface area (Å²) >= 11 is 1.48. The number of pyridine rings is 1. The molecule has 136 valence electrons.